The molecule has 116 valence electrons. The first kappa shape index (κ1) is 14.9. The standard InChI is InChI=1S/C18H15NO4/c1-21-14-4-2-12(3-5-14)11-23-15-8-13(10-19)18-16(20)6-7-22-17(18)9-15/h2-5,8-9H,6-7,11H2,1H3. The van der Waals surface area contributed by atoms with Crippen molar-refractivity contribution < 1.29 is 19.0 Å². The minimum atomic E-state index is -0.0653. The molecule has 0 bridgehead atoms. The predicted molar refractivity (Wildman–Crippen MR) is 82.9 cm³/mol. The number of carbonyl (C=O) groups excluding carboxylic acids is 1. The van der Waals surface area contributed by atoms with Crippen LogP contribution in [0.5, 0.6) is 17.2 Å². The second-order valence-corrected chi connectivity index (χ2v) is 5.11. The molecule has 23 heavy (non-hydrogen) atoms. The van der Waals surface area contributed by atoms with Gasteiger partial charge >= 0.3 is 0 Å². The van der Waals surface area contributed by atoms with Crippen LogP contribution in [0.1, 0.15) is 27.9 Å². The van der Waals surface area contributed by atoms with Gasteiger partial charge in [-0.25, -0.2) is 0 Å². The van der Waals surface area contributed by atoms with Gasteiger partial charge in [0.05, 0.1) is 24.8 Å². The van der Waals surface area contributed by atoms with Crippen LogP contribution in [-0.2, 0) is 6.61 Å². The summed E-state index contributed by atoms with van der Waals surface area (Å²) in [5.41, 5.74) is 1.62. The molecule has 0 aromatic heterocycles. The van der Waals surface area contributed by atoms with Crippen molar-refractivity contribution in [1.29, 1.82) is 5.26 Å². The monoisotopic (exact) mass is 309 g/mol. The van der Waals surface area contributed by atoms with Crippen molar-refractivity contribution in [2.75, 3.05) is 13.7 Å². The van der Waals surface area contributed by atoms with Crippen LogP contribution in [0.25, 0.3) is 0 Å². The molecule has 0 unspecified atom stereocenters. The molecule has 0 N–H and O–H groups in total. The molecule has 1 aliphatic rings. The summed E-state index contributed by atoms with van der Waals surface area (Å²) in [7, 11) is 1.61. The number of Topliss-reactive ketones (excluding diaryl/α,β-unsaturated/α-hetero) is 1. The quantitative estimate of drug-likeness (QED) is 0.868. The summed E-state index contributed by atoms with van der Waals surface area (Å²) in [6, 6.07) is 12.8. The molecular formula is C18H15NO4. The minimum Gasteiger partial charge on any atom is -0.497 e. The Morgan fingerprint density at radius 3 is 2.70 bits per heavy atom. The molecule has 0 saturated carbocycles. The van der Waals surface area contributed by atoms with Gasteiger partial charge < -0.3 is 14.2 Å². The molecule has 3 rings (SSSR count). The first-order valence-corrected chi connectivity index (χ1v) is 7.21. The average Bonchev–Trinajstić information content (AvgIpc) is 2.59. The van der Waals surface area contributed by atoms with E-state index >= 15 is 0 Å². The fourth-order valence-corrected chi connectivity index (χ4v) is 2.43. The molecule has 0 fully saturated rings. The smallest absolute Gasteiger partial charge is 0.171 e. The van der Waals surface area contributed by atoms with E-state index in [1.807, 2.05) is 30.3 Å². The molecule has 5 nitrogen and oxygen atoms in total. The van der Waals surface area contributed by atoms with Crippen molar-refractivity contribution in [2.24, 2.45) is 0 Å². The summed E-state index contributed by atoms with van der Waals surface area (Å²) in [4.78, 5) is 11.9. The van der Waals surface area contributed by atoms with Gasteiger partial charge in [0.15, 0.2) is 5.78 Å². The summed E-state index contributed by atoms with van der Waals surface area (Å²) in [5, 5.41) is 9.25. The van der Waals surface area contributed by atoms with Crippen molar-refractivity contribution in [1.82, 2.24) is 0 Å². The highest BCUT2D eigenvalue weighted by molar-refractivity contribution is 6.02. The predicted octanol–water partition coefficient (Wildman–Crippen LogP) is 3.11. The van der Waals surface area contributed by atoms with E-state index in [1.165, 1.54) is 0 Å². The van der Waals surface area contributed by atoms with Crippen LogP contribution >= 0.6 is 0 Å². The molecular weight excluding hydrogens is 294 g/mol. The van der Waals surface area contributed by atoms with Crippen LogP contribution in [0.2, 0.25) is 0 Å². The summed E-state index contributed by atoms with van der Waals surface area (Å²) >= 11 is 0. The fourth-order valence-electron chi connectivity index (χ4n) is 2.43. The highest BCUT2D eigenvalue weighted by Crippen LogP contribution is 2.32. The number of ketones is 1. The zero-order valence-electron chi connectivity index (χ0n) is 12.7. The number of benzene rings is 2. The van der Waals surface area contributed by atoms with E-state index in [9.17, 15) is 10.1 Å². The van der Waals surface area contributed by atoms with Gasteiger partial charge in [-0.15, -0.1) is 0 Å². The SMILES string of the molecule is COc1ccc(COc2cc(C#N)c3c(c2)OCCC3=O)cc1. The molecule has 0 atom stereocenters. The second kappa shape index (κ2) is 6.41. The van der Waals surface area contributed by atoms with Gasteiger partial charge in [-0.1, -0.05) is 12.1 Å². The molecule has 2 aromatic carbocycles. The maximum Gasteiger partial charge on any atom is 0.171 e. The van der Waals surface area contributed by atoms with Crippen molar-refractivity contribution in [3.63, 3.8) is 0 Å². The third-order valence-corrected chi connectivity index (χ3v) is 3.63. The van der Waals surface area contributed by atoms with Crippen LogP contribution in [0.4, 0.5) is 0 Å². The Morgan fingerprint density at radius 1 is 1.22 bits per heavy atom. The van der Waals surface area contributed by atoms with Crippen LogP contribution in [0.15, 0.2) is 36.4 Å². The molecule has 0 aliphatic carbocycles. The Labute approximate surface area is 134 Å². The fraction of sp³-hybridized carbons (Fsp3) is 0.222. The highest BCUT2D eigenvalue weighted by Gasteiger charge is 2.23. The average molecular weight is 309 g/mol. The number of nitrogens with zero attached hydrogens (tertiary/aromatic N) is 1. The largest absolute Gasteiger partial charge is 0.497 e. The van der Waals surface area contributed by atoms with Crippen LogP contribution in [0.3, 0.4) is 0 Å². The van der Waals surface area contributed by atoms with Crippen molar-refractivity contribution >= 4 is 5.78 Å². The molecule has 2 aromatic rings. The van der Waals surface area contributed by atoms with Crippen LogP contribution in [-0.4, -0.2) is 19.5 Å². The number of methoxy groups -OCH3 is 1. The molecule has 0 amide bonds. The number of fused-ring (bicyclic) bond motifs is 1. The zero-order valence-corrected chi connectivity index (χ0v) is 12.7. The summed E-state index contributed by atoms with van der Waals surface area (Å²) in [6.07, 6.45) is 0.299. The Hall–Kier alpha value is -3.00. The van der Waals surface area contributed by atoms with Crippen molar-refractivity contribution in [2.45, 2.75) is 13.0 Å². The molecule has 1 heterocycles. The van der Waals surface area contributed by atoms with Gasteiger partial charge in [-0.2, -0.15) is 5.26 Å². The second-order valence-electron chi connectivity index (χ2n) is 5.11. The first-order valence-electron chi connectivity index (χ1n) is 7.21. The van der Waals surface area contributed by atoms with Gasteiger partial charge in [0, 0.05) is 12.5 Å². The zero-order chi connectivity index (χ0) is 16.2. The maximum absolute atomic E-state index is 11.9. The Bertz CT molecular complexity index is 775. The lowest BCUT2D eigenvalue weighted by Crippen LogP contribution is -2.17. The number of rotatable bonds is 4. The van der Waals surface area contributed by atoms with Crippen molar-refractivity contribution in [3.8, 4) is 23.3 Å². The number of carbonyl (C=O) groups is 1. The van der Waals surface area contributed by atoms with E-state index < -0.39 is 0 Å². The number of ether oxygens (including phenoxy) is 3. The lowest BCUT2D eigenvalue weighted by molar-refractivity contribution is 0.0933. The van der Waals surface area contributed by atoms with Gasteiger partial charge in [0.2, 0.25) is 0 Å². The molecule has 0 radical (unpaired) electrons. The Morgan fingerprint density at radius 2 is 2.00 bits per heavy atom. The number of hydrogen-bond acceptors (Lipinski definition) is 5. The summed E-state index contributed by atoms with van der Waals surface area (Å²) < 4.78 is 16.3. The van der Waals surface area contributed by atoms with Gasteiger partial charge in [-0.05, 0) is 23.8 Å². The normalized spacial score (nSPS) is 12.8. The minimum absolute atomic E-state index is 0.0653. The Kier molecular flexibility index (Phi) is 4.15. The van der Waals surface area contributed by atoms with E-state index in [2.05, 4.69) is 0 Å². The number of nitriles is 1. The van der Waals surface area contributed by atoms with E-state index in [-0.39, 0.29) is 11.3 Å². The van der Waals surface area contributed by atoms with Crippen LogP contribution < -0.4 is 14.2 Å². The van der Waals surface area contributed by atoms with Crippen LogP contribution in [0, 0.1) is 11.3 Å². The van der Waals surface area contributed by atoms with E-state index in [1.54, 1.807) is 19.2 Å². The lowest BCUT2D eigenvalue weighted by Gasteiger charge is -2.18. The van der Waals surface area contributed by atoms with E-state index in [4.69, 9.17) is 14.2 Å². The third kappa shape index (κ3) is 3.11. The lowest BCUT2D eigenvalue weighted by atomic mass is 9.99. The summed E-state index contributed by atoms with van der Waals surface area (Å²) in [6.45, 7) is 0.681. The molecule has 1 aliphatic heterocycles. The first-order chi connectivity index (χ1) is 11.2. The highest BCUT2D eigenvalue weighted by atomic mass is 16.5. The maximum atomic E-state index is 11.9. The topological polar surface area (TPSA) is 68.6 Å². The van der Waals surface area contributed by atoms with Crippen molar-refractivity contribution in [3.05, 3.63) is 53.1 Å². The molecule has 0 spiro atoms. The van der Waals surface area contributed by atoms with Gasteiger partial charge in [0.1, 0.15) is 29.9 Å². The van der Waals surface area contributed by atoms with E-state index in [0.717, 1.165) is 11.3 Å². The molecule has 5 heteroatoms. The Balaban J connectivity index is 1.80. The van der Waals surface area contributed by atoms with Gasteiger partial charge in [0.25, 0.3) is 0 Å². The molecule has 0 saturated heterocycles. The van der Waals surface area contributed by atoms with E-state index in [0.29, 0.717) is 36.7 Å². The number of hydrogen-bond donors (Lipinski definition) is 0. The van der Waals surface area contributed by atoms with Gasteiger partial charge in [-0.3, -0.25) is 4.79 Å². The third-order valence-electron chi connectivity index (χ3n) is 3.63. The summed E-state index contributed by atoms with van der Waals surface area (Å²) in [5.74, 6) is 1.64.